The minimum Gasteiger partial charge on any atom is -0.492 e. The summed E-state index contributed by atoms with van der Waals surface area (Å²) in [6.07, 6.45) is 0.872. The summed E-state index contributed by atoms with van der Waals surface area (Å²) in [5.74, 6) is 1.99. The van der Waals surface area contributed by atoms with Gasteiger partial charge in [0, 0.05) is 17.8 Å². The van der Waals surface area contributed by atoms with Crippen LogP contribution >= 0.6 is 0 Å². The van der Waals surface area contributed by atoms with Crippen LogP contribution in [0.5, 0.6) is 17.2 Å². The Balaban J connectivity index is 2.00. The smallest absolute Gasteiger partial charge is 0.269 e. The average Bonchev–Trinajstić information content (AvgIpc) is 3.13. The zero-order valence-corrected chi connectivity index (χ0v) is 13.4. The molecular weight excluding hydrogens is 298 g/mol. The highest BCUT2D eigenvalue weighted by Gasteiger charge is 2.36. The van der Waals surface area contributed by atoms with E-state index >= 15 is 0 Å². The fourth-order valence-electron chi connectivity index (χ4n) is 3.58. The molecule has 122 valence electrons. The Bertz CT molecular complexity index is 823. The van der Waals surface area contributed by atoms with Crippen molar-refractivity contribution >= 4 is 0 Å². The van der Waals surface area contributed by atoms with E-state index in [-0.39, 0.29) is 18.4 Å². The van der Waals surface area contributed by atoms with Gasteiger partial charge in [-0.3, -0.25) is 14.8 Å². The van der Waals surface area contributed by atoms with Crippen LogP contribution in [-0.2, 0) is 6.42 Å². The van der Waals surface area contributed by atoms with Crippen LogP contribution in [0.3, 0.4) is 0 Å². The first kappa shape index (κ1) is 14.2. The summed E-state index contributed by atoms with van der Waals surface area (Å²) in [4.78, 5) is 14.5. The Kier molecular flexibility index (Phi) is 3.12. The molecule has 23 heavy (non-hydrogen) atoms. The third-order valence-electron chi connectivity index (χ3n) is 4.68. The Hall–Kier alpha value is -2.41. The van der Waals surface area contributed by atoms with E-state index in [9.17, 15) is 4.79 Å². The molecule has 2 aliphatic rings. The number of nitrogens with zero attached hydrogens (tertiary/aromatic N) is 1. The number of hydrogen-bond donors (Lipinski definition) is 2. The van der Waals surface area contributed by atoms with Crippen molar-refractivity contribution in [2.75, 3.05) is 27.5 Å². The van der Waals surface area contributed by atoms with E-state index in [1.807, 2.05) is 20.0 Å². The van der Waals surface area contributed by atoms with E-state index in [1.165, 1.54) is 0 Å². The van der Waals surface area contributed by atoms with E-state index in [2.05, 4.69) is 15.1 Å². The highest BCUT2D eigenvalue weighted by atomic mass is 16.7. The van der Waals surface area contributed by atoms with Gasteiger partial charge in [-0.15, -0.1) is 0 Å². The van der Waals surface area contributed by atoms with Gasteiger partial charge >= 0.3 is 0 Å². The number of aromatic nitrogens is 2. The summed E-state index contributed by atoms with van der Waals surface area (Å²) in [6.45, 7) is 2.94. The van der Waals surface area contributed by atoms with Crippen LogP contribution in [0.4, 0.5) is 0 Å². The van der Waals surface area contributed by atoms with Crippen LogP contribution in [0.2, 0.25) is 0 Å². The number of nitrogens with one attached hydrogen (secondary N) is 2. The van der Waals surface area contributed by atoms with Gasteiger partial charge in [0.25, 0.3) is 5.56 Å². The fourth-order valence-corrected chi connectivity index (χ4v) is 3.58. The summed E-state index contributed by atoms with van der Waals surface area (Å²) in [6, 6.07) is 1.83. The topological polar surface area (TPSA) is 79.6 Å². The van der Waals surface area contributed by atoms with Gasteiger partial charge in [0.1, 0.15) is 0 Å². The lowest BCUT2D eigenvalue weighted by atomic mass is 9.87. The number of fused-ring (bicyclic) bond motifs is 2. The lowest BCUT2D eigenvalue weighted by molar-refractivity contribution is 0.171. The third-order valence-corrected chi connectivity index (χ3v) is 4.68. The van der Waals surface area contributed by atoms with Crippen molar-refractivity contribution in [1.82, 2.24) is 15.1 Å². The maximum atomic E-state index is 12.3. The molecule has 3 heterocycles. The summed E-state index contributed by atoms with van der Waals surface area (Å²) >= 11 is 0. The molecule has 7 nitrogen and oxygen atoms in total. The van der Waals surface area contributed by atoms with E-state index in [1.54, 1.807) is 7.11 Å². The number of ether oxygens (including phenoxy) is 3. The number of aryl methyl sites for hydroxylation is 1. The first-order valence-corrected chi connectivity index (χ1v) is 7.58. The number of aromatic amines is 2. The number of H-pyrrole nitrogens is 2. The molecule has 7 heteroatoms. The largest absolute Gasteiger partial charge is 0.492 e. The molecule has 2 aromatic rings. The van der Waals surface area contributed by atoms with E-state index in [4.69, 9.17) is 14.2 Å². The predicted molar refractivity (Wildman–Crippen MR) is 83.4 cm³/mol. The highest BCUT2D eigenvalue weighted by molar-refractivity contribution is 5.63. The summed E-state index contributed by atoms with van der Waals surface area (Å²) < 4.78 is 16.8. The quantitative estimate of drug-likeness (QED) is 0.873. The first-order chi connectivity index (χ1) is 11.1. The molecule has 0 aliphatic carbocycles. The molecule has 1 unspecified atom stereocenters. The molecule has 4 rings (SSSR count). The zero-order chi connectivity index (χ0) is 16.1. The molecule has 0 amide bonds. The van der Waals surface area contributed by atoms with Crippen LogP contribution in [0.25, 0.3) is 0 Å². The van der Waals surface area contributed by atoms with Gasteiger partial charge in [-0.1, -0.05) is 0 Å². The second-order valence-electron chi connectivity index (χ2n) is 5.97. The average molecular weight is 317 g/mol. The van der Waals surface area contributed by atoms with Crippen molar-refractivity contribution in [2.45, 2.75) is 19.4 Å². The third kappa shape index (κ3) is 1.96. The minimum absolute atomic E-state index is 0.105. The van der Waals surface area contributed by atoms with Crippen molar-refractivity contribution in [2.24, 2.45) is 0 Å². The molecule has 2 aliphatic heterocycles. The summed E-state index contributed by atoms with van der Waals surface area (Å²) in [7, 11) is 3.64. The summed E-state index contributed by atoms with van der Waals surface area (Å²) in [5.41, 5.74) is 3.56. The van der Waals surface area contributed by atoms with Gasteiger partial charge in [0.15, 0.2) is 11.5 Å². The second kappa shape index (κ2) is 5.06. The number of methoxy groups -OCH3 is 1. The van der Waals surface area contributed by atoms with Crippen molar-refractivity contribution in [3.8, 4) is 17.2 Å². The van der Waals surface area contributed by atoms with Gasteiger partial charge in [-0.2, -0.15) is 0 Å². The standard InChI is InChI=1S/C16H19N3O4/c1-8-11(16(20)18-17-8)13-12-9(4-5-19(13)2)6-10-14(15(12)21-3)23-7-22-10/h6,13H,4-5,7H2,1-3H3,(H2,17,18,20). The Morgan fingerprint density at radius 1 is 1.30 bits per heavy atom. The Morgan fingerprint density at radius 3 is 2.83 bits per heavy atom. The molecule has 2 N–H and O–H groups in total. The fraction of sp³-hybridized carbons (Fsp3) is 0.438. The van der Waals surface area contributed by atoms with Gasteiger partial charge in [-0.05, 0) is 32.0 Å². The lowest BCUT2D eigenvalue weighted by Gasteiger charge is -2.35. The summed E-state index contributed by atoms with van der Waals surface area (Å²) in [5, 5.41) is 5.59. The van der Waals surface area contributed by atoms with Gasteiger partial charge in [-0.25, -0.2) is 0 Å². The van der Waals surface area contributed by atoms with Crippen molar-refractivity contribution in [1.29, 1.82) is 0 Å². The molecule has 1 aromatic carbocycles. The molecule has 0 saturated heterocycles. The molecule has 0 bridgehead atoms. The SMILES string of the molecule is COc1c2c(cc3c1C(c1c(C)[nH][nH]c1=O)N(C)CC3)OCO2. The number of likely N-dealkylation sites (N-methyl/N-ethyl adjacent to an activating group) is 1. The van der Waals surface area contributed by atoms with Crippen LogP contribution in [0.15, 0.2) is 10.9 Å². The van der Waals surface area contributed by atoms with Gasteiger partial charge < -0.3 is 19.3 Å². The van der Waals surface area contributed by atoms with Gasteiger partial charge in [0.05, 0.1) is 18.7 Å². The van der Waals surface area contributed by atoms with Crippen molar-refractivity contribution in [3.63, 3.8) is 0 Å². The predicted octanol–water partition coefficient (Wildman–Crippen LogP) is 1.33. The highest BCUT2D eigenvalue weighted by Crippen LogP contribution is 2.50. The Labute approximate surface area is 133 Å². The molecule has 1 aromatic heterocycles. The van der Waals surface area contributed by atoms with Crippen LogP contribution in [-0.4, -0.2) is 42.6 Å². The van der Waals surface area contributed by atoms with Crippen molar-refractivity contribution < 1.29 is 14.2 Å². The Morgan fingerprint density at radius 2 is 2.13 bits per heavy atom. The van der Waals surface area contributed by atoms with Gasteiger partial charge in [0.2, 0.25) is 12.5 Å². The normalized spacial score (nSPS) is 19.7. The van der Waals surface area contributed by atoms with Crippen molar-refractivity contribution in [3.05, 3.63) is 38.8 Å². The lowest BCUT2D eigenvalue weighted by Crippen LogP contribution is -2.35. The molecule has 0 fully saturated rings. The first-order valence-electron chi connectivity index (χ1n) is 7.58. The molecular formula is C16H19N3O4. The van der Waals surface area contributed by atoms with Crippen LogP contribution in [0.1, 0.15) is 28.4 Å². The second-order valence-corrected chi connectivity index (χ2v) is 5.97. The van der Waals surface area contributed by atoms with Crippen LogP contribution in [0, 0.1) is 6.92 Å². The maximum absolute atomic E-state index is 12.3. The van der Waals surface area contributed by atoms with E-state index in [0.29, 0.717) is 22.8 Å². The zero-order valence-electron chi connectivity index (χ0n) is 13.4. The maximum Gasteiger partial charge on any atom is 0.269 e. The number of hydrogen-bond acceptors (Lipinski definition) is 5. The molecule has 0 radical (unpaired) electrons. The minimum atomic E-state index is -0.182. The molecule has 0 saturated carbocycles. The number of benzene rings is 1. The van der Waals surface area contributed by atoms with E-state index < -0.39 is 0 Å². The number of rotatable bonds is 2. The molecule has 1 atom stereocenters. The van der Waals surface area contributed by atoms with E-state index in [0.717, 1.165) is 29.8 Å². The van der Waals surface area contributed by atoms with Crippen LogP contribution < -0.4 is 19.8 Å². The monoisotopic (exact) mass is 317 g/mol. The molecule has 0 spiro atoms.